The van der Waals surface area contributed by atoms with Crippen LogP contribution in [-0.4, -0.2) is 0 Å². The molecule has 0 aliphatic heterocycles. The molecule has 0 amide bonds. The van der Waals surface area contributed by atoms with Crippen molar-refractivity contribution in [2.75, 3.05) is 0 Å². The number of hydrogen-bond acceptors (Lipinski definition) is 0. The molecule has 0 spiro atoms. The molecule has 14 heavy (non-hydrogen) atoms. The summed E-state index contributed by atoms with van der Waals surface area (Å²) in [4.78, 5) is 0. The summed E-state index contributed by atoms with van der Waals surface area (Å²) in [6.45, 7) is 19.4. The van der Waals surface area contributed by atoms with Crippen LogP contribution in [0.3, 0.4) is 0 Å². The Morgan fingerprint density at radius 1 is 0.857 bits per heavy atom. The molecule has 0 atom stereocenters. The molecule has 0 heteroatoms. The molecule has 0 aliphatic rings. The minimum absolute atomic E-state index is 1.08. The predicted molar refractivity (Wildman–Crippen MR) is 72.9 cm³/mol. The molecule has 0 rings (SSSR count). The van der Waals surface area contributed by atoms with Crippen LogP contribution in [0.2, 0.25) is 0 Å². The van der Waals surface area contributed by atoms with Crippen molar-refractivity contribution in [2.24, 2.45) is 0 Å². The van der Waals surface area contributed by atoms with Crippen LogP contribution in [0, 0.1) is 0 Å². The highest BCUT2D eigenvalue weighted by molar-refractivity contribution is 4.60. The van der Waals surface area contributed by atoms with Gasteiger partial charge in [0, 0.05) is 0 Å². The molecule has 88 valence electrons. The summed E-state index contributed by atoms with van der Waals surface area (Å²) < 4.78 is 0. The number of rotatable bonds is 2. The van der Waals surface area contributed by atoms with Crippen LogP contribution in [-0.2, 0) is 0 Å². The van der Waals surface area contributed by atoms with Crippen molar-refractivity contribution in [1.82, 2.24) is 0 Å². The van der Waals surface area contributed by atoms with Crippen molar-refractivity contribution in [3.05, 3.63) is 25.3 Å². The van der Waals surface area contributed by atoms with E-state index in [-0.39, 0.29) is 0 Å². The second-order valence-corrected chi connectivity index (χ2v) is 2.81. The summed E-state index contributed by atoms with van der Waals surface area (Å²) in [5.74, 6) is 0. The lowest BCUT2D eigenvalue weighted by Crippen LogP contribution is -1.47. The van der Waals surface area contributed by atoms with Gasteiger partial charge in [0.15, 0.2) is 0 Å². The van der Waals surface area contributed by atoms with E-state index in [0.29, 0.717) is 0 Å². The third kappa shape index (κ3) is 576. The van der Waals surface area contributed by atoms with Gasteiger partial charge in [-0.2, -0.15) is 0 Å². The Kier molecular flexibility index (Phi) is 91.4. The molecule has 0 saturated heterocycles. The van der Waals surface area contributed by atoms with Gasteiger partial charge in [0.2, 0.25) is 0 Å². The van der Waals surface area contributed by atoms with Gasteiger partial charge in [-0.3, -0.25) is 0 Å². The Morgan fingerprint density at radius 3 is 1.00 bits per heavy atom. The zero-order valence-corrected chi connectivity index (χ0v) is 11.4. The van der Waals surface area contributed by atoms with Gasteiger partial charge in [-0.1, -0.05) is 66.0 Å². The number of allylic oxidation sites excluding steroid dienone is 2. The van der Waals surface area contributed by atoms with Crippen molar-refractivity contribution in [2.45, 2.75) is 67.2 Å². The average Bonchev–Trinajstić information content (AvgIpc) is 2.20. The average molecular weight is 200 g/mol. The third-order valence-electron chi connectivity index (χ3n) is 0.789. The molecule has 0 fully saturated rings. The molecular formula is C14H32. The molecule has 0 N–H and O–H groups in total. The molecular weight excluding hydrogens is 168 g/mol. The lowest BCUT2D eigenvalue weighted by atomic mass is 10.4. The molecule has 0 aliphatic carbocycles. The Bertz CT molecular complexity index is 60.4. The lowest BCUT2D eigenvalue weighted by molar-refractivity contribution is 0.886. The van der Waals surface area contributed by atoms with E-state index in [1.165, 1.54) is 19.3 Å². The summed E-state index contributed by atoms with van der Waals surface area (Å²) in [7, 11) is 0. The first kappa shape index (κ1) is 23.4. The molecule has 0 saturated carbocycles. The topological polar surface area (TPSA) is 0 Å². The fourth-order valence-corrected chi connectivity index (χ4v) is 0. The number of hydrogen-bond donors (Lipinski definition) is 0. The normalized spacial score (nSPS) is 6.14. The molecule has 0 aromatic heterocycles. The quantitative estimate of drug-likeness (QED) is 0.480. The molecule has 0 nitrogen and oxygen atoms in total. The van der Waals surface area contributed by atoms with E-state index in [2.05, 4.69) is 47.8 Å². The van der Waals surface area contributed by atoms with E-state index in [4.69, 9.17) is 0 Å². The summed E-state index contributed by atoms with van der Waals surface area (Å²) >= 11 is 0. The third-order valence-corrected chi connectivity index (χ3v) is 0.789. The van der Waals surface area contributed by atoms with Gasteiger partial charge in [-0.25, -0.2) is 0 Å². The first-order valence-corrected chi connectivity index (χ1v) is 5.84. The molecule has 0 aromatic rings. The van der Waals surface area contributed by atoms with Gasteiger partial charge in [-0.15, -0.1) is 13.2 Å². The second kappa shape index (κ2) is 54.8. The maximum Gasteiger partial charge on any atom is -0.0382 e. The lowest BCUT2D eigenvalue weighted by Gasteiger charge is -1.68. The first-order valence-electron chi connectivity index (χ1n) is 5.84. The van der Waals surface area contributed by atoms with Crippen molar-refractivity contribution >= 4 is 0 Å². The Hall–Kier alpha value is -0.520. The molecule has 0 radical (unpaired) electrons. The van der Waals surface area contributed by atoms with Gasteiger partial charge in [0.05, 0.1) is 0 Å². The van der Waals surface area contributed by atoms with Gasteiger partial charge in [-0.05, 0) is 13.3 Å². The minimum Gasteiger partial charge on any atom is -0.103 e. The van der Waals surface area contributed by atoms with Gasteiger partial charge >= 0.3 is 0 Å². The van der Waals surface area contributed by atoms with Crippen molar-refractivity contribution in [3.63, 3.8) is 0 Å². The highest BCUT2D eigenvalue weighted by Gasteiger charge is 1.56. The predicted octanol–water partition coefficient (Wildman–Crippen LogP) is 6.00. The van der Waals surface area contributed by atoms with Crippen LogP contribution in [0.15, 0.2) is 25.3 Å². The Labute approximate surface area is 93.1 Å². The maximum absolute atomic E-state index is 3.48. The molecule has 0 unspecified atom stereocenters. The van der Waals surface area contributed by atoms with E-state index in [9.17, 15) is 0 Å². The summed E-state index contributed by atoms with van der Waals surface area (Å²) in [5, 5.41) is 0. The summed E-state index contributed by atoms with van der Waals surface area (Å²) in [6, 6.07) is 0. The van der Waals surface area contributed by atoms with Crippen molar-refractivity contribution < 1.29 is 0 Å². The molecule has 0 aromatic carbocycles. The van der Waals surface area contributed by atoms with Crippen molar-refractivity contribution in [1.29, 1.82) is 0 Å². The summed E-state index contributed by atoms with van der Waals surface area (Å²) in [6.07, 6.45) is 8.60. The van der Waals surface area contributed by atoms with E-state index < -0.39 is 0 Å². The van der Waals surface area contributed by atoms with Crippen LogP contribution >= 0.6 is 0 Å². The monoisotopic (exact) mass is 200 g/mol. The standard InChI is InChI=1S/C4H10.C4H8.C3H8.C3H6/c2*1-3-4-2;2*1-3-2/h3-4H2,1-2H3;3H,1,4H2,2H3;3H2,1-2H3;3H,1H2,2H3. The summed E-state index contributed by atoms with van der Waals surface area (Å²) in [5.41, 5.74) is 0. The van der Waals surface area contributed by atoms with Crippen molar-refractivity contribution in [3.8, 4) is 0 Å². The highest BCUT2D eigenvalue weighted by atomic mass is 13.6. The van der Waals surface area contributed by atoms with Crippen LogP contribution in [0.25, 0.3) is 0 Å². The van der Waals surface area contributed by atoms with Gasteiger partial charge in [0.1, 0.15) is 0 Å². The largest absolute Gasteiger partial charge is 0.103 e. The fourth-order valence-electron chi connectivity index (χ4n) is 0. The van der Waals surface area contributed by atoms with E-state index in [0.717, 1.165) is 6.42 Å². The zero-order chi connectivity index (χ0) is 12.2. The van der Waals surface area contributed by atoms with Gasteiger partial charge in [0.25, 0.3) is 0 Å². The first-order chi connectivity index (χ1) is 6.66. The van der Waals surface area contributed by atoms with Gasteiger partial charge < -0.3 is 0 Å². The molecule has 0 heterocycles. The van der Waals surface area contributed by atoms with Crippen LogP contribution < -0.4 is 0 Å². The zero-order valence-electron chi connectivity index (χ0n) is 11.4. The van der Waals surface area contributed by atoms with E-state index >= 15 is 0 Å². The highest BCUT2D eigenvalue weighted by Crippen LogP contribution is 1.76. The van der Waals surface area contributed by atoms with Crippen LogP contribution in [0.5, 0.6) is 0 Å². The minimum atomic E-state index is 1.08. The Balaban J connectivity index is -0.0000000482. The SMILES string of the molecule is C=CC.C=CCC.CCC.CCCC. The smallest absolute Gasteiger partial charge is 0.0382 e. The van der Waals surface area contributed by atoms with Crippen LogP contribution in [0.4, 0.5) is 0 Å². The molecule has 0 bridgehead atoms. The fraction of sp³-hybridized carbons (Fsp3) is 0.714. The number of unbranched alkanes of at least 4 members (excludes halogenated alkanes) is 1. The second-order valence-electron chi connectivity index (χ2n) is 2.81. The Morgan fingerprint density at radius 2 is 1.00 bits per heavy atom. The van der Waals surface area contributed by atoms with Crippen LogP contribution in [0.1, 0.15) is 67.2 Å². The van der Waals surface area contributed by atoms with E-state index in [1.807, 2.05) is 13.0 Å². The van der Waals surface area contributed by atoms with E-state index in [1.54, 1.807) is 6.08 Å². The maximum atomic E-state index is 3.48.